The fourth-order valence-corrected chi connectivity index (χ4v) is 7.01. The Morgan fingerprint density at radius 2 is 1.68 bits per heavy atom. The van der Waals surface area contributed by atoms with Gasteiger partial charge >= 0.3 is 0 Å². The lowest BCUT2D eigenvalue weighted by Crippen LogP contribution is -2.54. The molecule has 47 heavy (non-hydrogen) atoms. The highest BCUT2D eigenvalue weighted by Gasteiger charge is 2.45. The molecule has 0 radical (unpaired) electrons. The van der Waals surface area contributed by atoms with Gasteiger partial charge in [0.1, 0.15) is 6.04 Å². The number of benzene rings is 1. The van der Waals surface area contributed by atoms with Crippen LogP contribution in [0.4, 0.5) is 11.6 Å². The zero-order valence-corrected chi connectivity index (χ0v) is 26.2. The van der Waals surface area contributed by atoms with Crippen LogP contribution in [0, 0.1) is 12.8 Å². The van der Waals surface area contributed by atoms with Crippen molar-refractivity contribution >= 4 is 41.2 Å². The van der Waals surface area contributed by atoms with Gasteiger partial charge in [-0.3, -0.25) is 38.9 Å². The number of amides is 5. The molecule has 0 saturated carbocycles. The third-order valence-corrected chi connectivity index (χ3v) is 9.65. The minimum Gasteiger partial charge on any atom is -0.380 e. The monoisotopic (exact) mass is 639 g/mol. The van der Waals surface area contributed by atoms with Crippen molar-refractivity contribution in [1.29, 1.82) is 0 Å². The maximum absolute atomic E-state index is 13.4. The first kappa shape index (κ1) is 30.5. The van der Waals surface area contributed by atoms with Crippen molar-refractivity contribution in [3.8, 4) is 0 Å². The fraction of sp³-hybridized carbons (Fsp3) is 0.455. The fourth-order valence-electron chi connectivity index (χ4n) is 7.01. The lowest BCUT2D eigenvalue weighted by atomic mass is 9.94. The summed E-state index contributed by atoms with van der Waals surface area (Å²) in [5.74, 6) is -1.15. The summed E-state index contributed by atoms with van der Waals surface area (Å²) in [6.45, 7) is 5.26. The Morgan fingerprint density at radius 3 is 2.40 bits per heavy atom. The molecule has 1 unspecified atom stereocenters. The minimum absolute atomic E-state index is 0.0216. The number of imide groups is 2. The number of hydrogen-bond donors (Lipinski definition) is 2. The number of anilines is 2. The Kier molecular flexibility index (Phi) is 8.16. The van der Waals surface area contributed by atoms with Crippen molar-refractivity contribution in [2.24, 2.45) is 5.92 Å². The molecule has 1 aromatic carbocycles. The molecular formula is C33H37N9O5. The minimum atomic E-state index is -1.01. The van der Waals surface area contributed by atoms with Crippen LogP contribution < -0.4 is 15.5 Å². The standard InChI is InChI=1S/C33H37N9O5/c1-20-15-35-33(36-16-20)40-11-7-22(8-12-40)30(45)39-13-9-23(10-14-39)41-19-21(18-37-41)17-34-25-4-2-3-24-28(25)32(47)42(31(24)46)26-5-6-27(43)38-29(26)44/h2-4,15-16,18-19,22-23,26,34H,5-14,17H2,1H3,(H,38,43,44). The summed E-state index contributed by atoms with van der Waals surface area (Å²) < 4.78 is 1.95. The average Bonchev–Trinajstić information content (AvgIpc) is 3.66. The number of rotatable bonds is 7. The Bertz CT molecular complexity index is 1720. The number of carbonyl (C=O) groups excluding carboxylic acids is 5. The van der Waals surface area contributed by atoms with Gasteiger partial charge in [0.25, 0.3) is 11.8 Å². The summed E-state index contributed by atoms with van der Waals surface area (Å²) in [5, 5.41) is 10.1. The molecule has 244 valence electrons. The highest BCUT2D eigenvalue weighted by Crippen LogP contribution is 2.33. The molecule has 4 aliphatic rings. The molecule has 4 aliphatic heterocycles. The maximum Gasteiger partial charge on any atom is 0.264 e. The van der Waals surface area contributed by atoms with Crippen molar-refractivity contribution in [1.82, 2.24) is 34.9 Å². The Balaban J connectivity index is 0.916. The highest BCUT2D eigenvalue weighted by molar-refractivity contribution is 6.25. The second-order valence-corrected chi connectivity index (χ2v) is 12.7. The van der Waals surface area contributed by atoms with E-state index in [0.717, 1.165) is 60.7 Å². The van der Waals surface area contributed by atoms with Crippen LogP contribution in [-0.2, 0) is 20.9 Å². The van der Waals surface area contributed by atoms with Crippen molar-refractivity contribution in [3.63, 3.8) is 0 Å². The van der Waals surface area contributed by atoms with Gasteiger partial charge in [-0.25, -0.2) is 9.97 Å². The molecule has 3 fully saturated rings. The topological polar surface area (TPSA) is 163 Å². The van der Waals surface area contributed by atoms with Crippen LogP contribution in [0.5, 0.6) is 0 Å². The summed E-state index contributed by atoms with van der Waals surface area (Å²) in [6, 6.07) is 4.16. The summed E-state index contributed by atoms with van der Waals surface area (Å²) in [7, 11) is 0. The van der Waals surface area contributed by atoms with E-state index in [1.165, 1.54) is 0 Å². The largest absolute Gasteiger partial charge is 0.380 e. The van der Waals surface area contributed by atoms with E-state index >= 15 is 0 Å². The summed E-state index contributed by atoms with van der Waals surface area (Å²) in [4.78, 5) is 77.8. The SMILES string of the molecule is Cc1cnc(N2CCC(C(=O)N3CCC(n4cc(CNc5cccc6c5C(=O)N(C5CCC(=O)NC5=O)C6=O)cn4)CC3)CC2)nc1. The number of fused-ring (bicyclic) bond motifs is 1. The van der Waals surface area contributed by atoms with Crippen LogP contribution >= 0.6 is 0 Å². The quantitative estimate of drug-likeness (QED) is 0.366. The second kappa shape index (κ2) is 12.6. The molecule has 2 N–H and O–H groups in total. The van der Waals surface area contributed by atoms with Gasteiger partial charge in [-0.05, 0) is 56.7 Å². The zero-order valence-electron chi connectivity index (χ0n) is 26.2. The van der Waals surface area contributed by atoms with Crippen LogP contribution in [0.25, 0.3) is 0 Å². The highest BCUT2D eigenvalue weighted by atomic mass is 16.2. The number of hydrogen-bond acceptors (Lipinski definition) is 10. The molecule has 2 aromatic heterocycles. The normalized spacial score (nSPS) is 20.9. The van der Waals surface area contributed by atoms with Crippen LogP contribution in [0.15, 0.2) is 43.0 Å². The first-order valence-corrected chi connectivity index (χ1v) is 16.2. The zero-order chi connectivity index (χ0) is 32.7. The molecule has 14 nitrogen and oxygen atoms in total. The summed E-state index contributed by atoms with van der Waals surface area (Å²) in [5.41, 5.74) is 2.88. The molecule has 6 heterocycles. The summed E-state index contributed by atoms with van der Waals surface area (Å²) >= 11 is 0. The third kappa shape index (κ3) is 5.95. The summed E-state index contributed by atoms with van der Waals surface area (Å²) in [6.07, 6.45) is 10.8. The molecule has 5 amide bonds. The van der Waals surface area contributed by atoms with Gasteiger partial charge in [0.15, 0.2) is 0 Å². The number of nitrogens with zero attached hydrogens (tertiary/aromatic N) is 7. The van der Waals surface area contributed by atoms with Crippen LogP contribution in [-0.4, -0.2) is 91.3 Å². The predicted octanol–water partition coefficient (Wildman–Crippen LogP) is 2.07. The van der Waals surface area contributed by atoms with Crippen molar-refractivity contribution in [3.05, 3.63) is 65.2 Å². The van der Waals surface area contributed by atoms with E-state index in [9.17, 15) is 24.0 Å². The van der Waals surface area contributed by atoms with Gasteiger partial charge in [0, 0.05) is 74.9 Å². The van der Waals surface area contributed by atoms with Gasteiger partial charge in [0.05, 0.1) is 23.4 Å². The van der Waals surface area contributed by atoms with E-state index in [0.29, 0.717) is 25.3 Å². The number of nitrogens with one attached hydrogen (secondary N) is 2. The van der Waals surface area contributed by atoms with Gasteiger partial charge in [-0.2, -0.15) is 5.10 Å². The molecule has 0 aliphatic carbocycles. The molecule has 0 bridgehead atoms. The predicted molar refractivity (Wildman–Crippen MR) is 169 cm³/mol. The number of likely N-dealkylation sites (tertiary alicyclic amines) is 1. The van der Waals surface area contributed by atoms with Crippen molar-refractivity contribution < 1.29 is 24.0 Å². The van der Waals surface area contributed by atoms with Gasteiger partial charge < -0.3 is 15.1 Å². The molecule has 14 heteroatoms. The van der Waals surface area contributed by atoms with Gasteiger partial charge in [-0.1, -0.05) is 6.07 Å². The van der Waals surface area contributed by atoms with E-state index in [4.69, 9.17) is 0 Å². The first-order chi connectivity index (χ1) is 22.8. The van der Waals surface area contributed by atoms with E-state index in [1.807, 2.05) is 35.1 Å². The molecule has 3 aromatic rings. The maximum atomic E-state index is 13.4. The molecule has 7 rings (SSSR count). The van der Waals surface area contributed by atoms with Crippen molar-refractivity contribution in [2.45, 2.75) is 64.1 Å². The average molecular weight is 640 g/mol. The molecule has 3 saturated heterocycles. The molecular weight excluding hydrogens is 602 g/mol. The van der Waals surface area contributed by atoms with Crippen LogP contribution in [0.3, 0.4) is 0 Å². The first-order valence-electron chi connectivity index (χ1n) is 16.2. The lowest BCUT2D eigenvalue weighted by molar-refractivity contribution is -0.138. The van der Waals surface area contributed by atoms with Crippen LogP contribution in [0.1, 0.15) is 76.4 Å². The van der Waals surface area contributed by atoms with E-state index < -0.39 is 29.7 Å². The van der Waals surface area contributed by atoms with Crippen molar-refractivity contribution in [2.75, 3.05) is 36.4 Å². The number of aryl methyl sites for hydroxylation is 1. The second-order valence-electron chi connectivity index (χ2n) is 12.7. The molecule has 1 atom stereocenters. The lowest BCUT2D eigenvalue weighted by Gasteiger charge is -2.37. The van der Waals surface area contributed by atoms with E-state index in [2.05, 4.69) is 30.6 Å². The number of piperidine rings is 3. The smallest absolute Gasteiger partial charge is 0.264 e. The molecule has 0 spiro atoms. The van der Waals surface area contributed by atoms with Crippen LogP contribution in [0.2, 0.25) is 0 Å². The number of carbonyl (C=O) groups is 5. The Labute approximate surface area is 271 Å². The van der Waals surface area contributed by atoms with Gasteiger partial charge in [-0.15, -0.1) is 0 Å². The van der Waals surface area contributed by atoms with Gasteiger partial charge in [0.2, 0.25) is 23.7 Å². The van der Waals surface area contributed by atoms with E-state index in [-0.39, 0.29) is 41.8 Å². The number of aromatic nitrogens is 4. The van der Waals surface area contributed by atoms with E-state index in [1.54, 1.807) is 24.4 Å². The Hall–Kier alpha value is -5.14. The Morgan fingerprint density at radius 1 is 0.936 bits per heavy atom. The third-order valence-electron chi connectivity index (χ3n) is 9.65.